The Morgan fingerprint density at radius 3 is 2.83 bits per heavy atom. The number of carbonyl (C=O) groups excluding carboxylic acids is 1. The number of nitrogens with zero attached hydrogens (tertiary/aromatic N) is 3. The first-order chi connectivity index (χ1) is 10.9. The summed E-state index contributed by atoms with van der Waals surface area (Å²) in [5.74, 6) is -0.241. The Hall–Kier alpha value is -1.71. The van der Waals surface area contributed by atoms with Gasteiger partial charge < -0.3 is 5.32 Å². The zero-order chi connectivity index (χ0) is 16.6. The number of sulfonamides is 1. The minimum Gasteiger partial charge on any atom is -0.348 e. The third kappa shape index (κ3) is 3.17. The maximum atomic E-state index is 12.6. The molecule has 3 heterocycles. The maximum absolute atomic E-state index is 12.6. The van der Waals surface area contributed by atoms with Crippen molar-refractivity contribution in [2.45, 2.75) is 37.2 Å². The van der Waals surface area contributed by atoms with E-state index in [1.807, 2.05) is 13.8 Å². The largest absolute Gasteiger partial charge is 0.348 e. The number of rotatable bonds is 4. The molecule has 0 saturated heterocycles. The molecule has 0 spiro atoms. The quantitative estimate of drug-likeness (QED) is 0.897. The molecule has 0 unspecified atom stereocenters. The first-order valence-electron chi connectivity index (χ1n) is 7.29. The third-order valence-electron chi connectivity index (χ3n) is 3.50. The number of amides is 1. The van der Waals surface area contributed by atoms with Gasteiger partial charge in [0.05, 0.1) is 18.8 Å². The molecule has 23 heavy (non-hydrogen) atoms. The molecule has 0 aliphatic carbocycles. The predicted molar refractivity (Wildman–Crippen MR) is 86.7 cm³/mol. The lowest BCUT2D eigenvalue weighted by atomic mass is 10.3. The van der Waals surface area contributed by atoms with Gasteiger partial charge in [0.2, 0.25) is 0 Å². The van der Waals surface area contributed by atoms with Crippen molar-refractivity contribution < 1.29 is 13.2 Å². The Bertz CT molecular complexity index is 809. The number of hydrogen-bond acceptors (Lipinski definition) is 5. The molecular formula is C14H18N4O3S2. The van der Waals surface area contributed by atoms with Gasteiger partial charge in [-0.1, -0.05) is 6.07 Å². The van der Waals surface area contributed by atoms with E-state index in [0.717, 1.165) is 5.69 Å². The minimum atomic E-state index is -3.48. The molecule has 0 atom stereocenters. The summed E-state index contributed by atoms with van der Waals surface area (Å²) < 4.78 is 28.6. The average Bonchev–Trinajstić information content (AvgIpc) is 3.15. The average molecular weight is 354 g/mol. The van der Waals surface area contributed by atoms with Gasteiger partial charge in [-0.3, -0.25) is 9.48 Å². The lowest BCUT2D eigenvalue weighted by molar-refractivity contribution is 0.0937. The first-order valence-corrected chi connectivity index (χ1v) is 9.61. The lowest BCUT2D eigenvalue weighted by Gasteiger charge is -2.26. The molecule has 0 radical (unpaired) electrons. The topological polar surface area (TPSA) is 84.3 Å². The van der Waals surface area contributed by atoms with E-state index < -0.39 is 10.0 Å². The molecule has 9 heteroatoms. The summed E-state index contributed by atoms with van der Waals surface area (Å²) in [5.41, 5.74) is 1.05. The van der Waals surface area contributed by atoms with E-state index in [1.54, 1.807) is 28.3 Å². The Morgan fingerprint density at radius 2 is 2.17 bits per heavy atom. The van der Waals surface area contributed by atoms with E-state index >= 15 is 0 Å². The molecule has 3 rings (SSSR count). The van der Waals surface area contributed by atoms with Gasteiger partial charge in [-0.2, -0.15) is 9.40 Å². The van der Waals surface area contributed by atoms with Crippen LogP contribution < -0.4 is 5.32 Å². The van der Waals surface area contributed by atoms with Crippen LogP contribution in [0.4, 0.5) is 0 Å². The summed E-state index contributed by atoms with van der Waals surface area (Å²) in [6.45, 7) is 4.77. The molecule has 0 fully saturated rings. The molecule has 0 bridgehead atoms. The van der Waals surface area contributed by atoms with Gasteiger partial charge in [0.1, 0.15) is 4.21 Å². The van der Waals surface area contributed by atoms with Crippen LogP contribution in [0.15, 0.2) is 27.8 Å². The van der Waals surface area contributed by atoms with Crippen LogP contribution in [0.2, 0.25) is 0 Å². The van der Waals surface area contributed by atoms with E-state index in [9.17, 15) is 13.2 Å². The predicted octanol–water partition coefficient (Wildman–Crippen LogP) is 1.29. The van der Waals surface area contributed by atoms with Crippen LogP contribution in [0, 0.1) is 0 Å². The molecule has 2 aromatic rings. The van der Waals surface area contributed by atoms with Crippen molar-refractivity contribution in [3.8, 4) is 0 Å². The van der Waals surface area contributed by atoms with Crippen LogP contribution in [0.3, 0.4) is 0 Å². The zero-order valence-corrected chi connectivity index (χ0v) is 14.5. The highest BCUT2D eigenvalue weighted by molar-refractivity contribution is 7.91. The van der Waals surface area contributed by atoms with Crippen molar-refractivity contribution in [3.63, 3.8) is 0 Å². The molecule has 1 aliphatic heterocycles. The monoisotopic (exact) mass is 354 g/mol. The molecule has 124 valence electrons. The van der Waals surface area contributed by atoms with Crippen molar-refractivity contribution >= 4 is 27.3 Å². The summed E-state index contributed by atoms with van der Waals surface area (Å²) in [5, 5.41) is 8.80. The molecule has 0 aromatic carbocycles. The number of nitrogens with one attached hydrogen (secondary N) is 1. The highest BCUT2D eigenvalue weighted by atomic mass is 32.2. The molecular weight excluding hydrogens is 336 g/mol. The molecule has 0 saturated carbocycles. The van der Waals surface area contributed by atoms with Crippen LogP contribution >= 0.6 is 11.3 Å². The van der Waals surface area contributed by atoms with Gasteiger partial charge in [0.25, 0.3) is 15.9 Å². The van der Waals surface area contributed by atoms with E-state index in [0.29, 0.717) is 23.0 Å². The van der Waals surface area contributed by atoms with Gasteiger partial charge in [-0.15, -0.1) is 11.3 Å². The Morgan fingerprint density at radius 1 is 1.39 bits per heavy atom. The van der Waals surface area contributed by atoms with E-state index in [-0.39, 0.29) is 18.5 Å². The van der Waals surface area contributed by atoms with Crippen molar-refractivity contribution in [1.82, 2.24) is 19.4 Å². The minimum absolute atomic E-state index is 0.0249. The van der Waals surface area contributed by atoms with Crippen molar-refractivity contribution in [3.05, 3.63) is 35.0 Å². The second kappa shape index (κ2) is 6.06. The van der Waals surface area contributed by atoms with Gasteiger partial charge in [0, 0.05) is 12.6 Å². The van der Waals surface area contributed by atoms with Gasteiger partial charge >= 0.3 is 0 Å². The molecule has 1 aliphatic rings. The Labute approximate surface area is 139 Å². The summed E-state index contributed by atoms with van der Waals surface area (Å²) in [6.07, 6.45) is 0. The number of aromatic nitrogens is 2. The summed E-state index contributed by atoms with van der Waals surface area (Å²) >= 11 is 1.21. The third-order valence-corrected chi connectivity index (χ3v) is 6.72. The smallest absolute Gasteiger partial charge is 0.271 e. The molecule has 2 aromatic heterocycles. The summed E-state index contributed by atoms with van der Waals surface area (Å²) in [4.78, 5) is 12.0. The van der Waals surface area contributed by atoms with E-state index in [4.69, 9.17) is 0 Å². The summed E-state index contributed by atoms with van der Waals surface area (Å²) in [7, 11) is -3.48. The van der Waals surface area contributed by atoms with Crippen LogP contribution in [-0.4, -0.2) is 41.0 Å². The summed E-state index contributed by atoms with van der Waals surface area (Å²) in [6, 6.07) is 5.01. The number of carbonyl (C=O) groups is 1. The fourth-order valence-electron chi connectivity index (χ4n) is 2.43. The second-order valence-corrected chi connectivity index (χ2v) is 8.76. The van der Waals surface area contributed by atoms with Crippen molar-refractivity contribution in [2.24, 2.45) is 0 Å². The zero-order valence-electron chi connectivity index (χ0n) is 12.9. The highest BCUT2D eigenvalue weighted by Gasteiger charge is 2.30. The second-order valence-electron chi connectivity index (χ2n) is 5.64. The van der Waals surface area contributed by atoms with E-state index in [1.165, 1.54) is 15.6 Å². The molecule has 7 nitrogen and oxygen atoms in total. The maximum Gasteiger partial charge on any atom is 0.271 e. The van der Waals surface area contributed by atoms with Gasteiger partial charge in [0.15, 0.2) is 5.69 Å². The van der Waals surface area contributed by atoms with Gasteiger partial charge in [-0.05, 0) is 31.4 Å². The first kappa shape index (κ1) is 16.2. The highest BCUT2D eigenvalue weighted by Crippen LogP contribution is 2.25. The van der Waals surface area contributed by atoms with Crippen LogP contribution in [-0.2, 0) is 23.1 Å². The normalized spacial score (nSPS) is 15.6. The molecule has 1 amide bonds. The van der Waals surface area contributed by atoms with Crippen LogP contribution in [0.5, 0.6) is 0 Å². The molecule has 1 N–H and O–H groups in total. The van der Waals surface area contributed by atoms with Crippen molar-refractivity contribution in [2.75, 3.05) is 6.54 Å². The Balaban J connectivity index is 1.82. The number of hydrogen-bond donors (Lipinski definition) is 1. The fourth-order valence-corrected chi connectivity index (χ4v) is 4.98. The number of thiophene rings is 1. The lowest BCUT2D eigenvalue weighted by Crippen LogP contribution is -2.38. The number of fused-ring (bicyclic) bond motifs is 1. The SMILES string of the molecule is CC(C)NC(=O)c1cc2n(n1)CCN(S(=O)(=O)c1cccs1)C2. The fraction of sp³-hybridized carbons (Fsp3) is 0.429. The van der Waals surface area contributed by atoms with E-state index in [2.05, 4.69) is 10.4 Å². The Kier molecular flexibility index (Phi) is 4.26. The van der Waals surface area contributed by atoms with Crippen molar-refractivity contribution in [1.29, 1.82) is 0 Å². The van der Waals surface area contributed by atoms with Gasteiger partial charge in [-0.25, -0.2) is 8.42 Å². The standard InChI is InChI=1S/C14H18N4O3S2/c1-10(2)15-14(19)12-8-11-9-17(5-6-18(11)16-12)23(20,21)13-4-3-7-22-13/h3-4,7-8,10H,5-6,9H2,1-2H3,(H,15,19). The van der Waals surface area contributed by atoms with Crippen LogP contribution in [0.25, 0.3) is 0 Å². The van der Waals surface area contributed by atoms with Crippen LogP contribution in [0.1, 0.15) is 30.0 Å².